The lowest BCUT2D eigenvalue weighted by Crippen LogP contribution is -2.33. The Hall–Kier alpha value is -1.08. The molecule has 0 spiro atoms. The summed E-state index contributed by atoms with van der Waals surface area (Å²) in [4.78, 5) is 22.1. The minimum atomic E-state index is -0.871. The largest absolute Gasteiger partial charge is 0.481 e. The van der Waals surface area contributed by atoms with Gasteiger partial charge in [-0.05, 0) is 40.0 Å². The molecule has 1 atom stereocenters. The predicted octanol–water partition coefficient (Wildman–Crippen LogP) is 3.44. The van der Waals surface area contributed by atoms with Gasteiger partial charge in [0.1, 0.15) is 0 Å². The van der Waals surface area contributed by atoms with Gasteiger partial charge in [-0.15, -0.1) is 0 Å². The third kappa shape index (κ3) is 6.07. The molecular formula is C12H14Br2N2O3. The number of anilines is 1. The maximum absolute atomic E-state index is 11.7. The summed E-state index contributed by atoms with van der Waals surface area (Å²) < 4.78 is 1.62. The molecule has 0 aliphatic rings. The van der Waals surface area contributed by atoms with Gasteiger partial charge in [0.25, 0.3) is 0 Å². The fourth-order valence-corrected chi connectivity index (χ4v) is 2.10. The van der Waals surface area contributed by atoms with Crippen LogP contribution in [0.2, 0.25) is 0 Å². The van der Waals surface area contributed by atoms with Gasteiger partial charge in [-0.3, -0.25) is 4.79 Å². The minimum Gasteiger partial charge on any atom is -0.481 e. The number of carboxylic acid groups (broad SMARTS) is 1. The van der Waals surface area contributed by atoms with Crippen LogP contribution in [0.5, 0.6) is 0 Å². The van der Waals surface area contributed by atoms with Gasteiger partial charge < -0.3 is 15.7 Å². The first-order chi connectivity index (χ1) is 8.88. The van der Waals surface area contributed by atoms with Gasteiger partial charge in [0.05, 0.1) is 5.69 Å². The zero-order valence-corrected chi connectivity index (χ0v) is 13.4. The third-order valence-corrected chi connectivity index (χ3v) is 3.50. The van der Waals surface area contributed by atoms with Crippen molar-refractivity contribution in [3.63, 3.8) is 0 Å². The lowest BCUT2D eigenvalue weighted by atomic mass is 10.1. The maximum atomic E-state index is 11.7. The normalized spacial score (nSPS) is 11.7. The van der Waals surface area contributed by atoms with Crippen molar-refractivity contribution in [3.8, 4) is 0 Å². The molecule has 5 nitrogen and oxygen atoms in total. The van der Waals surface area contributed by atoms with Crippen molar-refractivity contribution >= 4 is 49.5 Å². The molecule has 1 aromatic carbocycles. The van der Waals surface area contributed by atoms with Crippen LogP contribution in [0.1, 0.15) is 13.3 Å². The van der Waals surface area contributed by atoms with Crippen LogP contribution < -0.4 is 10.6 Å². The molecule has 104 valence electrons. The van der Waals surface area contributed by atoms with Crippen LogP contribution in [-0.4, -0.2) is 23.7 Å². The van der Waals surface area contributed by atoms with Crippen molar-refractivity contribution in [2.45, 2.75) is 13.3 Å². The number of nitrogens with one attached hydrogen (secondary N) is 2. The van der Waals surface area contributed by atoms with E-state index in [1.54, 1.807) is 13.0 Å². The first kappa shape index (κ1) is 16.0. The highest BCUT2D eigenvalue weighted by Gasteiger charge is 2.10. The second-order valence-corrected chi connectivity index (χ2v) is 5.93. The van der Waals surface area contributed by atoms with E-state index in [1.165, 1.54) is 0 Å². The molecule has 0 bridgehead atoms. The molecular weight excluding hydrogens is 380 g/mol. The fourth-order valence-electron chi connectivity index (χ4n) is 1.40. The molecule has 1 rings (SSSR count). The highest BCUT2D eigenvalue weighted by atomic mass is 79.9. The van der Waals surface area contributed by atoms with E-state index in [-0.39, 0.29) is 18.4 Å². The smallest absolute Gasteiger partial charge is 0.319 e. The quantitative estimate of drug-likeness (QED) is 0.716. The van der Waals surface area contributed by atoms with Crippen LogP contribution in [0.4, 0.5) is 10.5 Å². The highest BCUT2D eigenvalue weighted by Crippen LogP contribution is 2.25. The molecule has 1 aromatic rings. The minimum absolute atomic E-state index is 0.0286. The zero-order chi connectivity index (χ0) is 14.4. The SMILES string of the molecule is CC(CNC(=O)Nc1cc(Br)ccc1Br)CC(=O)O. The van der Waals surface area contributed by atoms with E-state index >= 15 is 0 Å². The van der Waals surface area contributed by atoms with E-state index in [2.05, 4.69) is 42.5 Å². The first-order valence-electron chi connectivity index (χ1n) is 5.60. The number of hydrogen-bond acceptors (Lipinski definition) is 2. The highest BCUT2D eigenvalue weighted by molar-refractivity contribution is 9.11. The molecule has 0 saturated heterocycles. The Morgan fingerprint density at radius 2 is 2.05 bits per heavy atom. The van der Waals surface area contributed by atoms with E-state index in [0.717, 1.165) is 8.95 Å². The molecule has 0 heterocycles. The van der Waals surface area contributed by atoms with Gasteiger partial charge in [-0.25, -0.2) is 4.79 Å². The molecule has 3 N–H and O–H groups in total. The number of hydrogen-bond donors (Lipinski definition) is 3. The summed E-state index contributed by atoms with van der Waals surface area (Å²) in [5.74, 6) is -0.987. The van der Waals surface area contributed by atoms with Crippen LogP contribution >= 0.6 is 31.9 Å². The lowest BCUT2D eigenvalue weighted by molar-refractivity contribution is -0.137. The Morgan fingerprint density at radius 1 is 1.37 bits per heavy atom. The Bertz CT molecular complexity index is 480. The van der Waals surface area contributed by atoms with Crippen molar-refractivity contribution in [3.05, 3.63) is 27.1 Å². The van der Waals surface area contributed by atoms with Crippen LogP contribution in [-0.2, 0) is 4.79 Å². The Morgan fingerprint density at radius 3 is 2.68 bits per heavy atom. The number of carbonyl (C=O) groups is 2. The van der Waals surface area contributed by atoms with Gasteiger partial charge >= 0.3 is 12.0 Å². The van der Waals surface area contributed by atoms with Crippen molar-refractivity contribution in [1.82, 2.24) is 5.32 Å². The van der Waals surface area contributed by atoms with Gasteiger partial charge in [0, 0.05) is 21.9 Å². The monoisotopic (exact) mass is 392 g/mol. The summed E-state index contributed by atoms with van der Waals surface area (Å²) >= 11 is 6.65. The Labute approximate surface area is 128 Å². The maximum Gasteiger partial charge on any atom is 0.319 e. The number of carbonyl (C=O) groups excluding carboxylic acids is 1. The predicted molar refractivity (Wildman–Crippen MR) is 80.3 cm³/mol. The molecule has 1 unspecified atom stereocenters. The van der Waals surface area contributed by atoms with E-state index in [9.17, 15) is 9.59 Å². The number of halogens is 2. The van der Waals surface area contributed by atoms with E-state index in [0.29, 0.717) is 12.2 Å². The van der Waals surface area contributed by atoms with Crippen molar-refractivity contribution < 1.29 is 14.7 Å². The second-order valence-electron chi connectivity index (χ2n) is 4.16. The molecule has 0 saturated carbocycles. The lowest BCUT2D eigenvalue weighted by Gasteiger charge is -2.12. The van der Waals surface area contributed by atoms with Crippen LogP contribution in [0.3, 0.4) is 0 Å². The summed E-state index contributed by atoms with van der Waals surface area (Å²) in [6.07, 6.45) is 0.0286. The second kappa shape index (κ2) is 7.49. The van der Waals surface area contributed by atoms with Gasteiger partial charge in [-0.2, -0.15) is 0 Å². The molecule has 0 fully saturated rings. The van der Waals surface area contributed by atoms with E-state index in [4.69, 9.17) is 5.11 Å². The average molecular weight is 394 g/mol. The third-order valence-electron chi connectivity index (χ3n) is 2.31. The number of aliphatic carboxylic acids is 1. The fraction of sp³-hybridized carbons (Fsp3) is 0.333. The van der Waals surface area contributed by atoms with E-state index < -0.39 is 5.97 Å². The van der Waals surface area contributed by atoms with Crippen molar-refractivity contribution in [2.24, 2.45) is 5.92 Å². The summed E-state index contributed by atoms with van der Waals surface area (Å²) in [7, 11) is 0. The Kier molecular flexibility index (Phi) is 6.30. The van der Waals surface area contributed by atoms with Crippen molar-refractivity contribution in [1.29, 1.82) is 0 Å². The number of carboxylic acids is 1. The molecule has 2 amide bonds. The molecule has 0 aliphatic heterocycles. The Balaban J connectivity index is 2.47. The molecule has 0 radical (unpaired) electrons. The average Bonchev–Trinajstić information content (AvgIpc) is 2.30. The summed E-state index contributed by atoms with van der Waals surface area (Å²) in [6.45, 7) is 2.08. The summed E-state index contributed by atoms with van der Waals surface area (Å²) in [6, 6.07) is 5.06. The summed E-state index contributed by atoms with van der Waals surface area (Å²) in [5.41, 5.74) is 0.637. The van der Waals surface area contributed by atoms with Crippen LogP contribution in [0.15, 0.2) is 27.1 Å². The van der Waals surface area contributed by atoms with Crippen LogP contribution in [0, 0.1) is 5.92 Å². The molecule has 0 aliphatic carbocycles. The molecule has 7 heteroatoms. The first-order valence-corrected chi connectivity index (χ1v) is 7.18. The number of amides is 2. The van der Waals surface area contributed by atoms with Gasteiger partial charge in [0.2, 0.25) is 0 Å². The number of rotatable bonds is 5. The number of urea groups is 1. The zero-order valence-electron chi connectivity index (χ0n) is 10.2. The van der Waals surface area contributed by atoms with Crippen LogP contribution in [0.25, 0.3) is 0 Å². The van der Waals surface area contributed by atoms with Gasteiger partial charge in [0.15, 0.2) is 0 Å². The topological polar surface area (TPSA) is 78.4 Å². The number of benzene rings is 1. The standard InChI is InChI=1S/C12H14Br2N2O3/c1-7(4-11(17)18)6-15-12(19)16-10-5-8(13)2-3-9(10)14/h2-3,5,7H,4,6H2,1H3,(H,17,18)(H2,15,16,19). The summed E-state index contributed by atoms with van der Waals surface area (Å²) in [5, 5.41) is 13.9. The van der Waals surface area contributed by atoms with Crippen molar-refractivity contribution in [2.75, 3.05) is 11.9 Å². The molecule has 19 heavy (non-hydrogen) atoms. The van der Waals surface area contributed by atoms with E-state index in [1.807, 2.05) is 12.1 Å². The molecule has 0 aromatic heterocycles. The van der Waals surface area contributed by atoms with Gasteiger partial charge in [-0.1, -0.05) is 22.9 Å².